The molecule has 2 heterocycles. The Morgan fingerprint density at radius 1 is 1.09 bits per heavy atom. The maximum Gasteiger partial charge on any atom is 0.240 e. The van der Waals surface area contributed by atoms with Crippen molar-refractivity contribution in [3.63, 3.8) is 0 Å². The van der Waals surface area contributed by atoms with E-state index in [1.54, 1.807) is 53.4 Å². The maximum absolute atomic E-state index is 15.2. The summed E-state index contributed by atoms with van der Waals surface area (Å²) in [5.41, 5.74) is 2.39. The molecule has 6 nitrogen and oxygen atoms in total. The van der Waals surface area contributed by atoms with E-state index in [2.05, 4.69) is 4.72 Å². The molecule has 3 atom stereocenters. The molecule has 2 aliphatic rings. The predicted molar refractivity (Wildman–Crippen MR) is 124 cm³/mol. The third-order valence-electron chi connectivity index (χ3n) is 6.25. The molecule has 2 aromatic carbocycles. The van der Waals surface area contributed by atoms with Crippen molar-refractivity contribution in [1.82, 2.24) is 9.80 Å². The van der Waals surface area contributed by atoms with E-state index in [-0.39, 0.29) is 30.0 Å². The molecular weight excluding hydrogens is 429 g/mol. The van der Waals surface area contributed by atoms with Gasteiger partial charge < -0.3 is 4.90 Å². The molecule has 2 aromatic rings. The SMILES string of the molecule is [2H]C([2H])([2H])c1ccc(CN2CCC(N3CCC(c4ccc(NS(C)(=O)=O)cc4)C(F)C3)C2=O)cc1. The Kier molecular flexibility index (Phi) is 5.48. The molecule has 8 heteroatoms. The monoisotopic (exact) mass is 462 g/mol. The van der Waals surface area contributed by atoms with Crippen LogP contribution in [-0.2, 0) is 21.4 Å². The Bertz CT molecular complexity index is 1160. The van der Waals surface area contributed by atoms with Crippen molar-refractivity contribution in [2.75, 3.05) is 30.6 Å². The molecule has 0 radical (unpaired) electrons. The molecular formula is C24H30FN3O3S. The molecule has 0 aliphatic carbocycles. The van der Waals surface area contributed by atoms with Crippen molar-refractivity contribution in [3.8, 4) is 0 Å². The fourth-order valence-electron chi connectivity index (χ4n) is 4.65. The van der Waals surface area contributed by atoms with Gasteiger partial charge in [0.25, 0.3) is 0 Å². The molecule has 4 rings (SSSR count). The average Bonchev–Trinajstić information content (AvgIpc) is 3.13. The summed E-state index contributed by atoms with van der Waals surface area (Å²) in [6.45, 7) is -0.398. The second-order valence-electron chi connectivity index (χ2n) is 8.66. The molecule has 2 fully saturated rings. The zero-order valence-corrected chi connectivity index (χ0v) is 18.8. The number of aryl methyl sites for hydroxylation is 1. The van der Waals surface area contributed by atoms with Crippen LogP contribution in [0.2, 0.25) is 0 Å². The number of alkyl halides is 1. The van der Waals surface area contributed by atoms with E-state index in [4.69, 9.17) is 4.11 Å². The van der Waals surface area contributed by atoms with Crippen LogP contribution in [0, 0.1) is 6.85 Å². The van der Waals surface area contributed by atoms with Crippen LogP contribution >= 0.6 is 0 Å². The van der Waals surface area contributed by atoms with Crippen molar-refractivity contribution in [3.05, 3.63) is 65.2 Å². The molecule has 32 heavy (non-hydrogen) atoms. The minimum atomic E-state index is -3.37. The first-order chi connectivity index (χ1) is 16.4. The van der Waals surface area contributed by atoms with Crippen molar-refractivity contribution in [2.45, 2.75) is 44.4 Å². The average molecular weight is 463 g/mol. The van der Waals surface area contributed by atoms with Crippen molar-refractivity contribution < 1.29 is 21.7 Å². The Hall–Kier alpha value is -2.45. The van der Waals surface area contributed by atoms with Crippen LogP contribution in [0.3, 0.4) is 0 Å². The highest BCUT2D eigenvalue weighted by Gasteiger charge is 2.40. The van der Waals surface area contributed by atoms with E-state index in [0.29, 0.717) is 38.2 Å². The van der Waals surface area contributed by atoms with Gasteiger partial charge in [-0.25, -0.2) is 12.8 Å². The van der Waals surface area contributed by atoms with E-state index < -0.39 is 23.0 Å². The van der Waals surface area contributed by atoms with Gasteiger partial charge in [0, 0.05) is 35.4 Å². The van der Waals surface area contributed by atoms with Gasteiger partial charge in [0.15, 0.2) is 0 Å². The number of carbonyl (C=O) groups is 1. The molecule has 0 saturated carbocycles. The third-order valence-corrected chi connectivity index (χ3v) is 6.86. The summed E-state index contributed by atoms with van der Waals surface area (Å²) in [5.74, 6) is -0.324. The lowest BCUT2D eigenvalue weighted by atomic mass is 9.87. The standard InChI is InChI=1S/C24H30FN3O3S/c1-17-3-5-18(6-4-17)15-28-14-12-23(24(28)29)27-13-11-21(22(25)16-27)19-7-9-20(10-8-19)26-32(2,30)31/h3-10,21-23,26H,11-16H2,1-2H3/i1D3. The van der Waals surface area contributed by atoms with Gasteiger partial charge in [0.1, 0.15) is 6.17 Å². The summed E-state index contributed by atoms with van der Waals surface area (Å²) in [6, 6.07) is 13.0. The molecule has 0 spiro atoms. The highest BCUT2D eigenvalue weighted by molar-refractivity contribution is 7.92. The zero-order valence-electron chi connectivity index (χ0n) is 21.0. The number of hydrogen-bond donors (Lipinski definition) is 1. The van der Waals surface area contributed by atoms with Crippen LogP contribution in [-0.4, -0.2) is 62.2 Å². The van der Waals surface area contributed by atoms with Gasteiger partial charge in [0.2, 0.25) is 15.9 Å². The lowest BCUT2D eigenvalue weighted by Gasteiger charge is -2.37. The van der Waals surface area contributed by atoms with Crippen molar-refractivity contribution >= 4 is 21.6 Å². The Labute approximate surface area is 193 Å². The number of hydrogen-bond acceptors (Lipinski definition) is 4. The number of anilines is 1. The summed E-state index contributed by atoms with van der Waals surface area (Å²) >= 11 is 0. The fourth-order valence-corrected chi connectivity index (χ4v) is 5.21. The Morgan fingerprint density at radius 3 is 2.44 bits per heavy atom. The van der Waals surface area contributed by atoms with Gasteiger partial charge in [-0.3, -0.25) is 14.4 Å². The second-order valence-corrected chi connectivity index (χ2v) is 10.4. The van der Waals surface area contributed by atoms with Crippen LogP contribution in [0.5, 0.6) is 0 Å². The first-order valence-electron chi connectivity index (χ1n) is 12.2. The number of likely N-dealkylation sites (tertiary alicyclic amines) is 2. The fraction of sp³-hybridized carbons (Fsp3) is 0.458. The number of carbonyl (C=O) groups excluding carboxylic acids is 1. The number of benzene rings is 2. The van der Waals surface area contributed by atoms with Crippen LogP contribution in [0.4, 0.5) is 10.1 Å². The van der Waals surface area contributed by atoms with Gasteiger partial charge in [-0.1, -0.05) is 42.0 Å². The highest BCUT2D eigenvalue weighted by Crippen LogP contribution is 2.33. The predicted octanol–water partition coefficient (Wildman–Crippen LogP) is 3.30. The van der Waals surface area contributed by atoms with Crippen molar-refractivity contribution in [1.29, 1.82) is 0 Å². The summed E-state index contributed by atoms with van der Waals surface area (Å²) in [5, 5.41) is 0. The number of sulfonamides is 1. The molecule has 1 amide bonds. The smallest absolute Gasteiger partial charge is 0.240 e. The van der Waals surface area contributed by atoms with E-state index >= 15 is 4.39 Å². The van der Waals surface area contributed by atoms with Crippen LogP contribution in [0.25, 0.3) is 0 Å². The first-order valence-corrected chi connectivity index (χ1v) is 12.6. The number of piperidine rings is 1. The number of nitrogens with zero attached hydrogens (tertiary/aromatic N) is 2. The molecule has 1 N–H and O–H groups in total. The number of amides is 1. The molecule has 2 aliphatic heterocycles. The zero-order chi connectivity index (χ0) is 25.4. The van der Waals surface area contributed by atoms with E-state index in [0.717, 1.165) is 17.4 Å². The minimum Gasteiger partial charge on any atom is -0.337 e. The molecule has 0 aromatic heterocycles. The maximum atomic E-state index is 15.2. The van der Waals surface area contributed by atoms with Crippen LogP contribution in [0.1, 0.15) is 39.6 Å². The highest BCUT2D eigenvalue weighted by atomic mass is 32.2. The first kappa shape index (κ1) is 19.1. The molecule has 2 saturated heterocycles. The topological polar surface area (TPSA) is 69.7 Å². The lowest BCUT2D eigenvalue weighted by molar-refractivity contribution is -0.133. The van der Waals surface area contributed by atoms with E-state index in [1.807, 2.05) is 4.90 Å². The number of halogens is 1. The largest absolute Gasteiger partial charge is 0.337 e. The van der Waals surface area contributed by atoms with E-state index in [1.165, 1.54) is 0 Å². The van der Waals surface area contributed by atoms with Gasteiger partial charge in [-0.05, 0) is 49.5 Å². The van der Waals surface area contributed by atoms with Crippen LogP contribution in [0.15, 0.2) is 48.5 Å². The Morgan fingerprint density at radius 2 is 1.81 bits per heavy atom. The van der Waals surface area contributed by atoms with Crippen molar-refractivity contribution in [2.24, 2.45) is 0 Å². The molecule has 172 valence electrons. The summed E-state index contributed by atoms with van der Waals surface area (Å²) in [7, 11) is -3.37. The summed E-state index contributed by atoms with van der Waals surface area (Å²) in [6.07, 6.45) is 1.15. The number of rotatable bonds is 6. The quantitative estimate of drug-likeness (QED) is 0.715. The third kappa shape index (κ3) is 5.30. The van der Waals surface area contributed by atoms with Crippen LogP contribution < -0.4 is 4.72 Å². The summed E-state index contributed by atoms with van der Waals surface area (Å²) < 4.78 is 62.8. The molecule has 3 unspecified atom stereocenters. The van der Waals surface area contributed by atoms with Gasteiger partial charge in [-0.2, -0.15) is 0 Å². The lowest BCUT2D eigenvalue weighted by Crippen LogP contribution is -2.49. The second kappa shape index (κ2) is 9.19. The normalized spacial score (nSPS) is 26.4. The summed E-state index contributed by atoms with van der Waals surface area (Å²) in [4.78, 5) is 16.7. The van der Waals surface area contributed by atoms with Gasteiger partial charge in [0.05, 0.1) is 12.3 Å². The van der Waals surface area contributed by atoms with Gasteiger partial charge in [-0.15, -0.1) is 0 Å². The minimum absolute atomic E-state index is 0.0215. The number of nitrogens with one attached hydrogen (secondary N) is 1. The van der Waals surface area contributed by atoms with Gasteiger partial charge >= 0.3 is 0 Å². The molecule has 0 bridgehead atoms. The Balaban J connectivity index is 1.34. The van der Waals surface area contributed by atoms with E-state index in [9.17, 15) is 13.2 Å².